The number of thioether (sulfide) groups is 1. The van der Waals surface area contributed by atoms with Gasteiger partial charge in [0.05, 0.1) is 10.9 Å². The maximum atomic E-state index is 12.8. The van der Waals surface area contributed by atoms with E-state index >= 15 is 0 Å². The lowest BCUT2D eigenvalue weighted by atomic mass is 10.2. The van der Waals surface area contributed by atoms with E-state index in [9.17, 15) is 4.79 Å². The maximum absolute atomic E-state index is 12.8. The molecule has 4 rings (SSSR count). The largest absolute Gasteiger partial charge is 0.272 e. The smallest absolute Gasteiger partial charge is 0.263 e. The number of para-hydroxylation sites is 1. The van der Waals surface area contributed by atoms with Crippen molar-refractivity contribution in [2.24, 2.45) is 0 Å². The number of hydrogen-bond acceptors (Lipinski definition) is 5. The van der Waals surface area contributed by atoms with Gasteiger partial charge in [-0.25, -0.2) is 4.98 Å². The fourth-order valence-electron chi connectivity index (χ4n) is 2.76. The van der Waals surface area contributed by atoms with E-state index in [1.807, 2.05) is 34.7 Å². The number of benzene rings is 1. The zero-order valence-electron chi connectivity index (χ0n) is 13.7. The van der Waals surface area contributed by atoms with E-state index in [-0.39, 0.29) is 5.56 Å². The Hall–Kier alpha value is -2.64. The molecule has 0 unspecified atom stereocenters. The molecule has 130 valence electrons. The molecular weight excluding hydrogens is 370 g/mol. The molecule has 0 bridgehead atoms. The third-order valence-electron chi connectivity index (χ3n) is 3.95. The zero-order valence-corrected chi connectivity index (χ0v) is 15.2. The van der Waals surface area contributed by atoms with Gasteiger partial charge >= 0.3 is 0 Å². The van der Waals surface area contributed by atoms with Gasteiger partial charge in [0.15, 0.2) is 5.16 Å². The average Bonchev–Trinajstić information content (AvgIpc) is 3.09. The van der Waals surface area contributed by atoms with Gasteiger partial charge in [-0.3, -0.25) is 13.8 Å². The summed E-state index contributed by atoms with van der Waals surface area (Å²) in [4.78, 5) is 16.9. The summed E-state index contributed by atoms with van der Waals surface area (Å²) in [6, 6.07) is 11.2. The molecule has 1 aromatic carbocycles. The summed E-state index contributed by atoms with van der Waals surface area (Å²) in [7, 11) is 0. The Kier molecular flexibility index (Phi) is 4.48. The zero-order chi connectivity index (χ0) is 18.1. The van der Waals surface area contributed by atoms with E-state index in [1.54, 1.807) is 22.9 Å². The number of nitrogens with zero attached hydrogens (tertiary/aromatic N) is 5. The van der Waals surface area contributed by atoms with Crippen LogP contribution in [0.15, 0.2) is 65.2 Å². The van der Waals surface area contributed by atoms with Gasteiger partial charge in [0, 0.05) is 18.5 Å². The first-order valence-electron chi connectivity index (χ1n) is 7.90. The lowest BCUT2D eigenvalue weighted by molar-refractivity contribution is 0.783. The summed E-state index contributed by atoms with van der Waals surface area (Å²) >= 11 is 7.36. The molecule has 0 aliphatic heterocycles. The van der Waals surface area contributed by atoms with Crippen molar-refractivity contribution < 1.29 is 0 Å². The topological polar surface area (TPSA) is 65.1 Å². The molecule has 4 aromatic rings. The molecule has 0 aliphatic rings. The van der Waals surface area contributed by atoms with Crippen molar-refractivity contribution in [3.63, 3.8) is 0 Å². The van der Waals surface area contributed by atoms with Crippen molar-refractivity contribution in [1.82, 2.24) is 24.1 Å². The maximum Gasteiger partial charge on any atom is 0.263 e. The third kappa shape index (κ3) is 2.89. The lowest BCUT2D eigenvalue weighted by Gasteiger charge is -2.09. The highest BCUT2D eigenvalue weighted by Crippen LogP contribution is 2.24. The summed E-state index contributed by atoms with van der Waals surface area (Å²) in [5.74, 6) is 1.17. The van der Waals surface area contributed by atoms with Gasteiger partial charge in [0.25, 0.3) is 5.56 Å². The van der Waals surface area contributed by atoms with Crippen LogP contribution in [0.25, 0.3) is 16.7 Å². The van der Waals surface area contributed by atoms with Crippen molar-refractivity contribution in [3.05, 3.63) is 76.3 Å². The van der Waals surface area contributed by atoms with E-state index in [0.29, 0.717) is 33.8 Å². The fourth-order valence-corrected chi connectivity index (χ4v) is 3.75. The number of aromatic nitrogens is 5. The van der Waals surface area contributed by atoms with Crippen LogP contribution in [-0.4, -0.2) is 24.1 Å². The van der Waals surface area contributed by atoms with Crippen LogP contribution < -0.4 is 5.56 Å². The second-order valence-electron chi connectivity index (χ2n) is 5.62. The third-order valence-corrected chi connectivity index (χ3v) is 5.17. The van der Waals surface area contributed by atoms with Gasteiger partial charge in [0.2, 0.25) is 5.78 Å². The summed E-state index contributed by atoms with van der Waals surface area (Å²) < 4.78 is 3.49. The number of allylic oxidation sites excluding steroid dienone is 1. The molecule has 6 nitrogen and oxygen atoms in total. The molecule has 0 aliphatic carbocycles. The van der Waals surface area contributed by atoms with Crippen molar-refractivity contribution in [2.75, 3.05) is 0 Å². The summed E-state index contributed by atoms with van der Waals surface area (Å²) in [5, 5.41) is 10.3. The minimum atomic E-state index is -0.0983. The summed E-state index contributed by atoms with van der Waals surface area (Å²) in [6.45, 7) is 4.11. The Bertz CT molecular complexity index is 1170. The van der Waals surface area contributed by atoms with Gasteiger partial charge in [-0.2, -0.15) is 0 Å². The molecule has 0 radical (unpaired) electrons. The van der Waals surface area contributed by atoms with E-state index in [2.05, 4.69) is 21.8 Å². The van der Waals surface area contributed by atoms with Crippen molar-refractivity contribution >= 4 is 40.0 Å². The van der Waals surface area contributed by atoms with Crippen molar-refractivity contribution in [3.8, 4) is 0 Å². The molecule has 26 heavy (non-hydrogen) atoms. The van der Waals surface area contributed by atoms with Crippen LogP contribution in [0.2, 0.25) is 5.15 Å². The molecule has 0 spiro atoms. The van der Waals surface area contributed by atoms with Gasteiger partial charge in [-0.15, -0.1) is 16.8 Å². The number of fused-ring (bicyclic) bond motifs is 3. The normalized spacial score (nSPS) is 11.3. The fraction of sp³-hybridized carbons (Fsp3) is 0.111. The first-order chi connectivity index (χ1) is 12.7. The second-order valence-corrected chi connectivity index (χ2v) is 6.95. The minimum Gasteiger partial charge on any atom is -0.272 e. The Morgan fingerprint density at radius 1 is 1.19 bits per heavy atom. The van der Waals surface area contributed by atoms with Gasteiger partial charge in [0.1, 0.15) is 5.15 Å². The van der Waals surface area contributed by atoms with Gasteiger partial charge in [-0.1, -0.05) is 47.6 Å². The van der Waals surface area contributed by atoms with Crippen LogP contribution in [0, 0.1) is 0 Å². The predicted molar refractivity (Wildman–Crippen MR) is 104 cm³/mol. The van der Waals surface area contributed by atoms with Crippen molar-refractivity contribution in [2.45, 2.75) is 17.5 Å². The number of pyridine rings is 1. The minimum absolute atomic E-state index is 0.0983. The lowest BCUT2D eigenvalue weighted by Crippen LogP contribution is -2.22. The summed E-state index contributed by atoms with van der Waals surface area (Å²) in [5.41, 5.74) is 1.72. The SMILES string of the molecule is C=CCn1c(=O)c2ccccc2n2c(SCc3ccc(Cl)nc3)nnc12. The monoisotopic (exact) mass is 383 g/mol. The highest BCUT2D eigenvalue weighted by molar-refractivity contribution is 7.98. The number of hydrogen-bond donors (Lipinski definition) is 0. The highest BCUT2D eigenvalue weighted by Gasteiger charge is 2.16. The Morgan fingerprint density at radius 2 is 2.04 bits per heavy atom. The molecule has 0 atom stereocenters. The van der Waals surface area contributed by atoms with Crippen LogP contribution in [0.5, 0.6) is 0 Å². The summed E-state index contributed by atoms with van der Waals surface area (Å²) in [6.07, 6.45) is 3.42. The first kappa shape index (κ1) is 16.8. The van der Waals surface area contributed by atoms with Crippen LogP contribution in [0.1, 0.15) is 5.56 Å². The van der Waals surface area contributed by atoms with E-state index in [0.717, 1.165) is 11.1 Å². The molecule has 3 heterocycles. The molecule has 3 aromatic heterocycles. The van der Waals surface area contributed by atoms with Gasteiger partial charge < -0.3 is 0 Å². The van der Waals surface area contributed by atoms with Crippen molar-refractivity contribution in [1.29, 1.82) is 0 Å². The van der Waals surface area contributed by atoms with Crippen LogP contribution in [0.4, 0.5) is 0 Å². The molecule has 0 fully saturated rings. The van der Waals surface area contributed by atoms with E-state index in [4.69, 9.17) is 11.6 Å². The Balaban J connectivity index is 1.84. The number of halogens is 1. The quantitative estimate of drug-likeness (QED) is 0.299. The van der Waals surface area contributed by atoms with Crippen LogP contribution in [0.3, 0.4) is 0 Å². The van der Waals surface area contributed by atoms with Gasteiger partial charge in [-0.05, 0) is 23.8 Å². The molecular formula is C18H14ClN5OS. The van der Waals surface area contributed by atoms with E-state index in [1.165, 1.54) is 11.8 Å². The molecule has 0 saturated heterocycles. The molecule has 0 amide bonds. The Labute approximate surface area is 158 Å². The average molecular weight is 384 g/mol. The van der Waals surface area contributed by atoms with E-state index < -0.39 is 0 Å². The highest BCUT2D eigenvalue weighted by atomic mass is 35.5. The predicted octanol–water partition coefficient (Wildman–Crippen LogP) is 3.57. The molecule has 0 saturated carbocycles. The standard InChI is InChI=1S/C18H14ClN5OS/c1-2-9-23-16(25)13-5-3-4-6-14(13)24-17(23)21-22-18(24)26-11-12-7-8-15(19)20-10-12/h2-8,10H,1,9,11H2. The number of rotatable bonds is 5. The molecule has 8 heteroatoms. The Morgan fingerprint density at radius 3 is 2.81 bits per heavy atom. The van der Waals surface area contributed by atoms with Crippen LogP contribution >= 0.6 is 23.4 Å². The second kappa shape index (κ2) is 6.93. The van der Waals surface area contributed by atoms with Crippen LogP contribution in [-0.2, 0) is 12.3 Å². The molecule has 0 N–H and O–H groups in total. The first-order valence-corrected chi connectivity index (χ1v) is 9.26.